The van der Waals surface area contributed by atoms with Gasteiger partial charge in [0.15, 0.2) is 0 Å². The molecule has 98 valence electrons. The van der Waals surface area contributed by atoms with Crippen molar-refractivity contribution in [2.75, 3.05) is 19.6 Å². The zero-order valence-electron chi connectivity index (χ0n) is 10.3. The molecule has 0 saturated heterocycles. The van der Waals surface area contributed by atoms with E-state index >= 15 is 0 Å². The van der Waals surface area contributed by atoms with Gasteiger partial charge in [-0.1, -0.05) is 30.3 Å². The number of carbonyl (C=O) groups excluding carboxylic acids is 2. The van der Waals surface area contributed by atoms with E-state index in [1.807, 2.05) is 30.3 Å². The van der Waals surface area contributed by atoms with Crippen LogP contribution in [0.5, 0.6) is 0 Å². The van der Waals surface area contributed by atoms with E-state index in [9.17, 15) is 9.59 Å². The molecule has 0 aliphatic carbocycles. The lowest BCUT2D eigenvalue weighted by atomic mass is 10.1. The molecule has 2 amide bonds. The highest BCUT2D eigenvalue weighted by Gasteiger charge is 2.03. The van der Waals surface area contributed by atoms with Gasteiger partial charge in [0.1, 0.15) is 0 Å². The van der Waals surface area contributed by atoms with Gasteiger partial charge in [-0.3, -0.25) is 9.59 Å². The first-order valence-corrected chi connectivity index (χ1v) is 5.99. The first kappa shape index (κ1) is 14.2. The number of carbonyl (C=O) groups is 2. The van der Waals surface area contributed by atoms with Crippen LogP contribution in [0.25, 0.3) is 0 Å². The van der Waals surface area contributed by atoms with E-state index < -0.39 is 0 Å². The molecular formula is C13H19N3O2. The third kappa shape index (κ3) is 6.00. The molecule has 1 rings (SSSR count). The highest BCUT2D eigenvalue weighted by Crippen LogP contribution is 1.97. The molecule has 0 radical (unpaired) electrons. The van der Waals surface area contributed by atoms with Crippen LogP contribution in [0, 0.1) is 0 Å². The first-order valence-electron chi connectivity index (χ1n) is 5.99. The van der Waals surface area contributed by atoms with E-state index in [0.29, 0.717) is 13.1 Å². The number of nitrogens with two attached hydrogens (primary N) is 1. The predicted octanol–water partition coefficient (Wildman–Crippen LogP) is -0.190. The quantitative estimate of drug-likeness (QED) is 0.626. The van der Waals surface area contributed by atoms with E-state index in [-0.39, 0.29) is 24.8 Å². The number of nitrogens with one attached hydrogen (secondary N) is 2. The summed E-state index contributed by atoms with van der Waals surface area (Å²) < 4.78 is 0. The minimum absolute atomic E-state index is 0.00756. The number of amides is 2. The lowest BCUT2D eigenvalue weighted by Gasteiger charge is -2.06. The molecule has 0 bridgehead atoms. The van der Waals surface area contributed by atoms with Crippen molar-refractivity contribution in [3.63, 3.8) is 0 Å². The van der Waals surface area contributed by atoms with Crippen molar-refractivity contribution in [2.24, 2.45) is 5.73 Å². The van der Waals surface area contributed by atoms with Crippen LogP contribution in [0.3, 0.4) is 0 Å². The monoisotopic (exact) mass is 249 g/mol. The van der Waals surface area contributed by atoms with E-state index in [0.717, 1.165) is 6.42 Å². The minimum atomic E-state index is -0.198. The fourth-order valence-electron chi connectivity index (χ4n) is 1.45. The third-order valence-electron chi connectivity index (χ3n) is 2.40. The van der Waals surface area contributed by atoms with Gasteiger partial charge in [-0.2, -0.15) is 0 Å². The Morgan fingerprint density at radius 3 is 2.44 bits per heavy atom. The van der Waals surface area contributed by atoms with Crippen LogP contribution < -0.4 is 16.4 Å². The second-order valence-electron chi connectivity index (χ2n) is 3.90. The Bertz CT molecular complexity index is 379. The maximum absolute atomic E-state index is 11.4. The Kier molecular flexibility index (Phi) is 6.50. The molecule has 1 aromatic carbocycles. The summed E-state index contributed by atoms with van der Waals surface area (Å²) in [7, 11) is 0. The van der Waals surface area contributed by atoms with Crippen LogP contribution in [0.4, 0.5) is 0 Å². The molecule has 0 fully saturated rings. The van der Waals surface area contributed by atoms with Crippen LogP contribution in [-0.2, 0) is 16.0 Å². The Morgan fingerprint density at radius 1 is 1.06 bits per heavy atom. The molecule has 0 aliphatic rings. The standard InChI is InChI=1S/C13H19N3O2/c14-8-6-12(17)16-10-13(18)15-9-7-11-4-2-1-3-5-11/h1-5H,6-10,14H2,(H,15,18)(H,16,17). The van der Waals surface area contributed by atoms with E-state index in [1.165, 1.54) is 5.56 Å². The molecule has 4 N–H and O–H groups in total. The average molecular weight is 249 g/mol. The summed E-state index contributed by atoms with van der Waals surface area (Å²) in [5.41, 5.74) is 6.39. The predicted molar refractivity (Wildman–Crippen MR) is 69.8 cm³/mol. The Morgan fingerprint density at radius 2 is 1.78 bits per heavy atom. The summed E-state index contributed by atoms with van der Waals surface area (Å²) >= 11 is 0. The lowest BCUT2D eigenvalue weighted by Crippen LogP contribution is -2.38. The molecule has 0 unspecified atom stereocenters. The first-order chi connectivity index (χ1) is 8.72. The van der Waals surface area contributed by atoms with Crippen molar-refractivity contribution in [3.05, 3.63) is 35.9 Å². The highest BCUT2D eigenvalue weighted by atomic mass is 16.2. The van der Waals surface area contributed by atoms with Gasteiger partial charge >= 0.3 is 0 Å². The maximum Gasteiger partial charge on any atom is 0.239 e. The second kappa shape index (κ2) is 8.25. The molecule has 18 heavy (non-hydrogen) atoms. The summed E-state index contributed by atoms with van der Waals surface area (Å²) in [6.07, 6.45) is 1.03. The van der Waals surface area contributed by atoms with Gasteiger partial charge in [-0.25, -0.2) is 0 Å². The molecule has 0 saturated carbocycles. The molecule has 1 aromatic rings. The molecule has 0 aliphatic heterocycles. The number of hydrogen-bond acceptors (Lipinski definition) is 3. The lowest BCUT2D eigenvalue weighted by molar-refractivity contribution is -0.125. The van der Waals surface area contributed by atoms with E-state index in [1.54, 1.807) is 0 Å². The van der Waals surface area contributed by atoms with Crippen LogP contribution >= 0.6 is 0 Å². The van der Waals surface area contributed by atoms with Gasteiger partial charge in [0, 0.05) is 19.5 Å². The molecule has 0 spiro atoms. The second-order valence-corrected chi connectivity index (χ2v) is 3.90. The number of rotatable bonds is 7. The van der Waals surface area contributed by atoms with E-state index in [4.69, 9.17) is 5.73 Å². The Balaban J connectivity index is 2.12. The van der Waals surface area contributed by atoms with Crippen LogP contribution in [0.2, 0.25) is 0 Å². The molecule has 0 heterocycles. The molecule has 0 aromatic heterocycles. The number of benzene rings is 1. The number of hydrogen-bond donors (Lipinski definition) is 3. The molecular weight excluding hydrogens is 230 g/mol. The summed E-state index contributed by atoms with van der Waals surface area (Å²) in [6, 6.07) is 9.90. The summed E-state index contributed by atoms with van der Waals surface area (Å²) in [6.45, 7) is 0.866. The molecule has 5 nitrogen and oxygen atoms in total. The van der Waals surface area contributed by atoms with Gasteiger partial charge in [-0.15, -0.1) is 0 Å². The maximum atomic E-state index is 11.4. The average Bonchev–Trinajstić information content (AvgIpc) is 2.38. The van der Waals surface area contributed by atoms with Crippen LogP contribution in [0.15, 0.2) is 30.3 Å². The van der Waals surface area contributed by atoms with Crippen molar-refractivity contribution in [1.82, 2.24) is 10.6 Å². The topological polar surface area (TPSA) is 84.2 Å². The summed E-state index contributed by atoms with van der Waals surface area (Å²) in [4.78, 5) is 22.5. The third-order valence-corrected chi connectivity index (χ3v) is 2.40. The zero-order chi connectivity index (χ0) is 13.2. The SMILES string of the molecule is NCCC(=O)NCC(=O)NCCc1ccccc1. The van der Waals surface area contributed by atoms with Crippen molar-refractivity contribution in [1.29, 1.82) is 0 Å². The fourth-order valence-corrected chi connectivity index (χ4v) is 1.45. The molecule has 5 heteroatoms. The minimum Gasteiger partial charge on any atom is -0.354 e. The Hall–Kier alpha value is -1.88. The van der Waals surface area contributed by atoms with Crippen molar-refractivity contribution in [3.8, 4) is 0 Å². The van der Waals surface area contributed by atoms with E-state index in [2.05, 4.69) is 10.6 Å². The van der Waals surface area contributed by atoms with Crippen molar-refractivity contribution in [2.45, 2.75) is 12.8 Å². The molecule has 0 atom stereocenters. The van der Waals surface area contributed by atoms with Gasteiger partial charge in [0.05, 0.1) is 6.54 Å². The smallest absolute Gasteiger partial charge is 0.239 e. The van der Waals surface area contributed by atoms with Gasteiger partial charge in [-0.05, 0) is 12.0 Å². The summed E-state index contributed by atoms with van der Waals surface area (Å²) in [5.74, 6) is -0.382. The summed E-state index contributed by atoms with van der Waals surface area (Å²) in [5, 5.41) is 5.24. The van der Waals surface area contributed by atoms with Gasteiger partial charge < -0.3 is 16.4 Å². The largest absolute Gasteiger partial charge is 0.354 e. The van der Waals surface area contributed by atoms with Gasteiger partial charge in [0.25, 0.3) is 0 Å². The van der Waals surface area contributed by atoms with Crippen LogP contribution in [0.1, 0.15) is 12.0 Å². The van der Waals surface area contributed by atoms with Crippen LogP contribution in [-0.4, -0.2) is 31.4 Å². The van der Waals surface area contributed by atoms with Crippen molar-refractivity contribution >= 4 is 11.8 Å². The highest BCUT2D eigenvalue weighted by molar-refractivity contribution is 5.84. The zero-order valence-corrected chi connectivity index (χ0v) is 10.3. The Labute approximate surface area is 107 Å². The fraction of sp³-hybridized carbons (Fsp3) is 0.385. The van der Waals surface area contributed by atoms with Gasteiger partial charge in [0.2, 0.25) is 11.8 Å². The normalized spacial score (nSPS) is 9.83. The van der Waals surface area contributed by atoms with Crippen molar-refractivity contribution < 1.29 is 9.59 Å².